The number of carbonyl (C=O) groups excluding carboxylic acids is 3. The molecule has 0 aromatic heterocycles. The van der Waals surface area contributed by atoms with Crippen LogP contribution in [0.5, 0.6) is 0 Å². The maximum absolute atomic E-state index is 12.6. The molecule has 1 unspecified atom stereocenters. The van der Waals surface area contributed by atoms with Crippen molar-refractivity contribution in [3.8, 4) is 0 Å². The van der Waals surface area contributed by atoms with Gasteiger partial charge in [0.15, 0.2) is 0 Å². The van der Waals surface area contributed by atoms with Crippen LogP contribution in [0, 0.1) is 0 Å². The fraction of sp³-hybridized carbons (Fsp3) is 0.550. The van der Waals surface area contributed by atoms with Gasteiger partial charge >= 0.3 is 6.03 Å². The number of hydrogen-bond donors (Lipinski definition) is 2. The molecule has 10 heteroatoms. The quantitative estimate of drug-likeness (QED) is 0.627. The highest BCUT2D eigenvalue weighted by molar-refractivity contribution is 7.89. The van der Waals surface area contributed by atoms with E-state index < -0.39 is 21.6 Å². The van der Waals surface area contributed by atoms with Crippen molar-refractivity contribution < 1.29 is 22.8 Å². The van der Waals surface area contributed by atoms with Crippen molar-refractivity contribution in [3.05, 3.63) is 29.8 Å². The molecule has 2 N–H and O–H groups in total. The number of sulfonamides is 1. The Morgan fingerprint density at radius 3 is 2.37 bits per heavy atom. The van der Waals surface area contributed by atoms with Crippen molar-refractivity contribution in [3.63, 3.8) is 0 Å². The number of nitrogens with zero attached hydrogens (tertiary/aromatic N) is 2. The summed E-state index contributed by atoms with van der Waals surface area (Å²) < 4.78 is 25.4. The van der Waals surface area contributed by atoms with Crippen LogP contribution in [0.4, 0.5) is 4.79 Å². The summed E-state index contributed by atoms with van der Waals surface area (Å²) in [5.74, 6) is -0.524. The van der Waals surface area contributed by atoms with Crippen LogP contribution >= 0.6 is 0 Å². The fourth-order valence-electron chi connectivity index (χ4n) is 3.95. The Hall–Kier alpha value is -2.46. The Morgan fingerprint density at radius 2 is 1.80 bits per heavy atom. The minimum atomic E-state index is -3.51. The number of hydrogen-bond acceptors (Lipinski definition) is 5. The van der Waals surface area contributed by atoms with Gasteiger partial charge in [-0.25, -0.2) is 17.5 Å². The van der Waals surface area contributed by atoms with Crippen LogP contribution < -0.4 is 10.6 Å². The first-order chi connectivity index (χ1) is 14.1. The molecule has 9 nitrogen and oxygen atoms in total. The van der Waals surface area contributed by atoms with Gasteiger partial charge in [-0.2, -0.15) is 0 Å². The number of imide groups is 1. The van der Waals surface area contributed by atoms with Gasteiger partial charge < -0.3 is 10.6 Å². The van der Waals surface area contributed by atoms with Crippen LogP contribution in [0.25, 0.3) is 0 Å². The van der Waals surface area contributed by atoms with Gasteiger partial charge in [0.2, 0.25) is 15.9 Å². The highest BCUT2D eigenvalue weighted by Crippen LogP contribution is 2.35. The van der Waals surface area contributed by atoms with Gasteiger partial charge in [0.1, 0.15) is 5.54 Å². The third kappa shape index (κ3) is 4.20. The molecule has 1 aliphatic carbocycles. The van der Waals surface area contributed by atoms with Crippen molar-refractivity contribution >= 4 is 27.9 Å². The molecule has 1 heterocycles. The number of benzene rings is 1. The number of amides is 4. The van der Waals surface area contributed by atoms with Crippen LogP contribution in [-0.4, -0.2) is 61.6 Å². The summed E-state index contributed by atoms with van der Waals surface area (Å²) in [6.07, 6.45) is 3.12. The number of nitrogens with one attached hydrogen (secondary N) is 2. The SMILES string of the molecule is CC(NC(=O)CCN1C(=O)NC2(CCCC2)C1=O)c1ccc(S(=O)(=O)N(C)C)cc1. The Balaban J connectivity index is 1.55. The molecular formula is C20H28N4O5S. The van der Waals surface area contributed by atoms with Crippen LogP contribution in [0.3, 0.4) is 0 Å². The fourth-order valence-corrected chi connectivity index (χ4v) is 4.85. The van der Waals surface area contributed by atoms with E-state index >= 15 is 0 Å². The van der Waals surface area contributed by atoms with E-state index in [0.717, 1.165) is 27.6 Å². The van der Waals surface area contributed by atoms with Gasteiger partial charge in [-0.3, -0.25) is 14.5 Å². The Morgan fingerprint density at radius 1 is 1.20 bits per heavy atom. The molecule has 0 bridgehead atoms. The second kappa shape index (κ2) is 8.35. The van der Waals surface area contributed by atoms with E-state index in [1.165, 1.54) is 26.2 Å². The summed E-state index contributed by atoms with van der Waals surface area (Å²) >= 11 is 0. The van der Waals surface area contributed by atoms with Gasteiger partial charge in [-0.1, -0.05) is 25.0 Å². The third-order valence-electron chi connectivity index (χ3n) is 5.80. The Bertz CT molecular complexity index is 936. The Labute approximate surface area is 176 Å². The zero-order valence-electron chi connectivity index (χ0n) is 17.5. The van der Waals surface area contributed by atoms with Crippen LogP contribution in [0.1, 0.15) is 50.6 Å². The number of rotatable bonds is 7. The standard InChI is InChI=1S/C20H28N4O5S/c1-14(15-6-8-16(9-7-15)30(28,29)23(2)3)21-17(25)10-13-24-18(26)20(22-19(24)27)11-4-5-12-20/h6-9,14H,4-5,10-13H2,1-3H3,(H,21,25)(H,22,27). The van der Waals surface area contributed by atoms with Crippen LogP contribution in [0.2, 0.25) is 0 Å². The molecule has 1 aromatic carbocycles. The molecule has 1 spiro atoms. The van der Waals surface area contributed by atoms with Crippen molar-refractivity contribution in [2.45, 2.75) is 55.5 Å². The maximum Gasteiger partial charge on any atom is 0.325 e. The van der Waals surface area contributed by atoms with Gasteiger partial charge in [0.05, 0.1) is 10.9 Å². The van der Waals surface area contributed by atoms with E-state index in [1.807, 2.05) is 0 Å². The summed E-state index contributed by atoms with van der Waals surface area (Å²) in [6.45, 7) is 1.82. The first kappa shape index (κ1) is 22.2. The van der Waals surface area contributed by atoms with Crippen molar-refractivity contribution in [1.29, 1.82) is 0 Å². The molecule has 2 fully saturated rings. The van der Waals surface area contributed by atoms with E-state index in [-0.39, 0.29) is 35.7 Å². The molecule has 30 heavy (non-hydrogen) atoms. The first-order valence-electron chi connectivity index (χ1n) is 10.0. The predicted molar refractivity (Wildman–Crippen MR) is 110 cm³/mol. The molecule has 164 valence electrons. The lowest BCUT2D eigenvalue weighted by molar-refractivity contribution is -0.131. The minimum absolute atomic E-state index is 0.00662. The molecule has 0 radical (unpaired) electrons. The Kier molecular flexibility index (Phi) is 6.19. The van der Waals surface area contributed by atoms with E-state index in [0.29, 0.717) is 12.8 Å². The van der Waals surface area contributed by atoms with E-state index in [9.17, 15) is 22.8 Å². The highest BCUT2D eigenvalue weighted by Gasteiger charge is 2.52. The van der Waals surface area contributed by atoms with E-state index in [4.69, 9.17) is 0 Å². The van der Waals surface area contributed by atoms with Crippen LogP contribution in [0.15, 0.2) is 29.2 Å². The maximum atomic E-state index is 12.6. The second-order valence-corrected chi connectivity index (χ2v) is 10.2. The average Bonchev–Trinajstić information content (AvgIpc) is 3.25. The van der Waals surface area contributed by atoms with Crippen molar-refractivity contribution in [2.75, 3.05) is 20.6 Å². The number of urea groups is 1. The normalized spacial score (nSPS) is 19.4. The monoisotopic (exact) mass is 436 g/mol. The largest absolute Gasteiger partial charge is 0.350 e. The van der Waals surface area contributed by atoms with E-state index in [2.05, 4.69) is 10.6 Å². The van der Waals surface area contributed by atoms with Crippen molar-refractivity contribution in [2.24, 2.45) is 0 Å². The molecule has 1 saturated carbocycles. The molecule has 1 aliphatic heterocycles. The molecular weight excluding hydrogens is 408 g/mol. The lowest BCUT2D eigenvalue weighted by Gasteiger charge is -2.20. The summed E-state index contributed by atoms with van der Waals surface area (Å²) in [6, 6.07) is 5.53. The zero-order chi connectivity index (χ0) is 22.1. The van der Waals surface area contributed by atoms with Gasteiger partial charge in [-0.15, -0.1) is 0 Å². The van der Waals surface area contributed by atoms with Crippen LogP contribution in [-0.2, 0) is 19.6 Å². The summed E-state index contributed by atoms with van der Waals surface area (Å²) in [5, 5.41) is 5.62. The van der Waals surface area contributed by atoms with Gasteiger partial charge in [0.25, 0.3) is 5.91 Å². The lowest BCUT2D eigenvalue weighted by atomic mass is 9.98. The van der Waals surface area contributed by atoms with Gasteiger partial charge in [-0.05, 0) is 37.5 Å². The summed E-state index contributed by atoms with van der Waals surface area (Å²) in [4.78, 5) is 38.4. The van der Waals surface area contributed by atoms with E-state index in [1.54, 1.807) is 19.1 Å². The first-order valence-corrected chi connectivity index (χ1v) is 11.5. The van der Waals surface area contributed by atoms with Gasteiger partial charge in [0, 0.05) is 27.1 Å². The zero-order valence-corrected chi connectivity index (χ0v) is 18.3. The van der Waals surface area contributed by atoms with Crippen molar-refractivity contribution in [1.82, 2.24) is 19.8 Å². The molecule has 2 aliphatic rings. The summed E-state index contributed by atoms with van der Waals surface area (Å²) in [7, 11) is -0.581. The molecule has 1 aromatic rings. The highest BCUT2D eigenvalue weighted by atomic mass is 32.2. The smallest absolute Gasteiger partial charge is 0.325 e. The lowest BCUT2D eigenvalue weighted by Crippen LogP contribution is -2.44. The molecule has 1 saturated heterocycles. The predicted octanol–water partition coefficient (Wildman–Crippen LogP) is 1.37. The molecule has 1 atom stereocenters. The minimum Gasteiger partial charge on any atom is -0.350 e. The molecule has 4 amide bonds. The third-order valence-corrected chi connectivity index (χ3v) is 7.63. The average molecular weight is 437 g/mol. The second-order valence-electron chi connectivity index (χ2n) is 8.07. The molecule has 3 rings (SSSR count). The topological polar surface area (TPSA) is 116 Å². The summed E-state index contributed by atoms with van der Waals surface area (Å²) in [5.41, 5.74) is -0.0175. The number of carbonyl (C=O) groups is 3.